The zero-order valence-corrected chi connectivity index (χ0v) is 13.2. The molecule has 0 saturated carbocycles. The number of rotatable bonds is 5. The molecule has 0 aliphatic carbocycles. The Morgan fingerprint density at radius 3 is 2.68 bits per heavy atom. The average Bonchev–Trinajstić information content (AvgIpc) is 2.53. The molecule has 0 radical (unpaired) electrons. The topological polar surface area (TPSA) is 69.0 Å². The van der Waals surface area contributed by atoms with E-state index in [9.17, 15) is 10.1 Å². The Morgan fingerprint density at radius 1 is 1.32 bits per heavy atom. The van der Waals surface area contributed by atoms with E-state index < -0.39 is 0 Å². The lowest BCUT2D eigenvalue weighted by atomic mass is 10.2. The number of benzene rings is 1. The molecule has 1 aromatic carbocycles. The minimum absolute atomic E-state index is 0.128. The Hall–Kier alpha value is -2.52. The Kier molecular flexibility index (Phi) is 5.39. The Balaban J connectivity index is 2.04. The van der Waals surface area contributed by atoms with E-state index in [1.54, 1.807) is 12.3 Å². The first-order valence-electron chi connectivity index (χ1n) is 6.66. The summed E-state index contributed by atoms with van der Waals surface area (Å²) < 4.78 is 0. The van der Waals surface area contributed by atoms with E-state index in [0.717, 1.165) is 11.4 Å². The van der Waals surface area contributed by atoms with Gasteiger partial charge in [-0.2, -0.15) is 5.26 Å². The highest BCUT2D eigenvalue weighted by atomic mass is 32.2. The van der Waals surface area contributed by atoms with Crippen molar-refractivity contribution in [1.29, 1.82) is 5.26 Å². The van der Waals surface area contributed by atoms with Gasteiger partial charge in [-0.05, 0) is 18.2 Å². The molecule has 5 nitrogen and oxygen atoms in total. The molecule has 1 aromatic heterocycles. The van der Waals surface area contributed by atoms with Crippen molar-refractivity contribution >= 4 is 29.0 Å². The fourth-order valence-corrected chi connectivity index (χ4v) is 2.64. The lowest BCUT2D eigenvalue weighted by molar-refractivity contribution is -0.113. The molecule has 0 saturated heterocycles. The van der Waals surface area contributed by atoms with Gasteiger partial charge in [0, 0.05) is 26.0 Å². The van der Waals surface area contributed by atoms with Crippen LogP contribution in [-0.2, 0) is 4.79 Å². The van der Waals surface area contributed by atoms with Crippen LogP contribution in [0.5, 0.6) is 0 Å². The number of amides is 1. The van der Waals surface area contributed by atoms with E-state index in [1.165, 1.54) is 11.8 Å². The summed E-state index contributed by atoms with van der Waals surface area (Å²) in [4.78, 5) is 18.0. The van der Waals surface area contributed by atoms with E-state index in [1.807, 2.05) is 49.3 Å². The number of carbonyl (C=O) groups is 1. The van der Waals surface area contributed by atoms with Crippen LogP contribution in [0.2, 0.25) is 0 Å². The van der Waals surface area contributed by atoms with Crippen molar-refractivity contribution in [3.63, 3.8) is 0 Å². The molecule has 0 spiro atoms. The van der Waals surface area contributed by atoms with Crippen LogP contribution in [-0.4, -0.2) is 30.7 Å². The Morgan fingerprint density at radius 2 is 2.05 bits per heavy atom. The van der Waals surface area contributed by atoms with Crippen LogP contribution in [0, 0.1) is 11.3 Å². The number of pyridine rings is 1. The molecule has 0 aliphatic rings. The van der Waals surface area contributed by atoms with Gasteiger partial charge in [-0.25, -0.2) is 4.98 Å². The second-order valence-corrected chi connectivity index (χ2v) is 5.68. The van der Waals surface area contributed by atoms with Gasteiger partial charge in [0.1, 0.15) is 16.7 Å². The number of thioether (sulfide) groups is 1. The number of nitrogens with zero attached hydrogens (tertiary/aromatic N) is 3. The molecule has 2 rings (SSSR count). The van der Waals surface area contributed by atoms with Gasteiger partial charge in [0.15, 0.2) is 0 Å². The molecule has 2 aromatic rings. The van der Waals surface area contributed by atoms with Crippen LogP contribution < -0.4 is 10.2 Å². The third kappa shape index (κ3) is 3.99. The molecule has 1 N–H and O–H groups in total. The van der Waals surface area contributed by atoms with E-state index in [-0.39, 0.29) is 11.7 Å². The van der Waals surface area contributed by atoms with Crippen molar-refractivity contribution in [2.75, 3.05) is 30.1 Å². The van der Waals surface area contributed by atoms with Crippen LogP contribution in [0.3, 0.4) is 0 Å². The Labute approximate surface area is 134 Å². The molecule has 6 heteroatoms. The number of hydrogen-bond donors (Lipinski definition) is 1. The van der Waals surface area contributed by atoms with Crippen LogP contribution in [0.15, 0.2) is 47.6 Å². The fourth-order valence-electron chi connectivity index (χ4n) is 1.87. The second-order valence-electron chi connectivity index (χ2n) is 4.72. The van der Waals surface area contributed by atoms with Gasteiger partial charge in [-0.3, -0.25) is 4.79 Å². The smallest absolute Gasteiger partial charge is 0.234 e. The molecule has 1 heterocycles. The summed E-state index contributed by atoms with van der Waals surface area (Å²) in [6, 6.07) is 13.2. The largest absolute Gasteiger partial charge is 0.376 e. The number of nitriles is 1. The first-order valence-corrected chi connectivity index (χ1v) is 7.64. The predicted molar refractivity (Wildman–Crippen MR) is 89.1 cm³/mol. The highest BCUT2D eigenvalue weighted by Crippen LogP contribution is 2.27. The number of hydrogen-bond acceptors (Lipinski definition) is 5. The van der Waals surface area contributed by atoms with Crippen molar-refractivity contribution < 1.29 is 4.79 Å². The zero-order chi connectivity index (χ0) is 15.9. The van der Waals surface area contributed by atoms with Gasteiger partial charge in [0.2, 0.25) is 5.91 Å². The fraction of sp³-hybridized carbons (Fsp3) is 0.188. The third-order valence-corrected chi connectivity index (χ3v) is 3.87. The maximum atomic E-state index is 12.0. The SMILES string of the molecule is CN(C)c1ccnc(SCC(=O)Nc2ccccc2)c1C#N. The van der Waals surface area contributed by atoms with Crippen molar-refractivity contribution in [3.8, 4) is 6.07 Å². The molecule has 0 atom stereocenters. The van der Waals surface area contributed by atoms with E-state index in [0.29, 0.717) is 10.6 Å². The summed E-state index contributed by atoms with van der Waals surface area (Å²) in [5, 5.41) is 12.7. The average molecular weight is 312 g/mol. The van der Waals surface area contributed by atoms with Crippen molar-refractivity contribution in [2.45, 2.75) is 5.03 Å². The summed E-state index contributed by atoms with van der Waals surface area (Å²) in [6.07, 6.45) is 1.65. The van der Waals surface area contributed by atoms with Crippen molar-refractivity contribution in [2.24, 2.45) is 0 Å². The molecule has 112 valence electrons. The van der Waals surface area contributed by atoms with E-state index >= 15 is 0 Å². The minimum Gasteiger partial charge on any atom is -0.376 e. The molecule has 0 fully saturated rings. The monoisotopic (exact) mass is 312 g/mol. The molecule has 0 aliphatic heterocycles. The normalized spacial score (nSPS) is 9.86. The van der Waals surface area contributed by atoms with E-state index in [4.69, 9.17) is 0 Å². The lowest BCUT2D eigenvalue weighted by Crippen LogP contribution is -2.15. The quantitative estimate of drug-likeness (QED) is 0.860. The van der Waals surface area contributed by atoms with Crippen molar-refractivity contribution in [3.05, 3.63) is 48.2 Å². The summed E-state index contributed by atoms with van der Waals surface area (Å²) in [5.41, 5.74) is 2.04. The van der Waals surface area contributed by atoms with Gasteiger partial charge in [0.05, 0.1) is 11.4 Å². The zero-order valence-electron chi connectivity index (χ0n) is 12.4. The van der Waals surface area contributed by atoms with Crippen molar-refractivity contribution in [1.82, 2.24) is 4.98 Å². The summed E-state index contributed by atoms with van der Waals surface area (Å²) >= 11 is 1.26. The maximum Gasteiger partial charge on any atom is 0.234 e. The van der Waals surface area contributed by atoms with Crippen LogP contribution in [0.1, 0.15) is 5.56 Å². The van der Waals surface area contributed by atoms with E-state index in [2.05, 4.69) is 16.4 Å². The first kappa shape index (κ1) is 15.9. The van der Waals surface area contributed by atoms with Crippen LogP contribution in [0.4, 0.5) is 11.4 Å². The molecule has 0 unspecified atom stereocenters. The second kappa shape index (κ2) is 7.48. The van der Waals surface area contributed by atoms with Crippen LogP contribution >= 0.6 is 11.8 Å². The third-order valence-electron chi connectivity index (χ3n) is 2.89. The highest BCUT2D eigenvalue weighted by Gasteiger charge is 2.13. The number of anilines is 2. The lowest BCUT2D eigenvalue weighted by Gasteiger charge is -2.15. The molecular formula is C16H16N4OS. The Bertz CT molecular complexity index is 695. The minimum atomic E-state index is -0.128. The van der Waals surface area contributed by atoms with Gasteiger partial charge in [0.25, 0.3) is 0 Å². The molecule has 1 amide bonds. The van der Waals surface area contributed by atoms with Gasteiger partial charge in [-0.15, -0.1) is 0 Å². The first-order chi connectivity index (χ1) is 10.6. The summed E-state index contributed by atoms with van der Waals surface area (Å²) in [7, 11) is 3.74. The molecule has 22 heavy (non-hydrogen) atoms. The van der Waals surface area contributed by atoms with Crippen LogP contribution in [0.25, 0.3) is 0 Å². The predicted octanol–water partition coefficient (Wildman–Crippen LogP) is 2.75. The number of para-hydroxylation sites is 1. The van der Waals surface area contributed by atoms with Gasteiger partial charge >= 0.3 is 0 Å². The molecular weight excluding hydrogens is 296 g/mol. The molecule has 0 bridgehead atoms. The number of nitrogens with one attached hydrogen (secondary N) is 1. The standard InChI is InChI=1S/C16H16N4OS/c1-20(2)14-8-9-18-16(13(14)10-17)22-11-15(21)19-12-6-4-3-5-7-12/h3-9H,11H2,1-2H3,(H,19,21). The number of aromatic nitrogens is 1. The summed E-state index contributed by atoms with van der Waals surface area (Å²) in [6.45, 7) is 0. The van der Waals surface area contributed by atoms with Gasteiger partial charge in [-0.1, -0.05) is 30.0 Å². The summed E-state index contributed by atoms with van der Waals surface area (Å²) in [5.74, 6) is 0.0742. The number of carbonyl (C=O) groups excluding carboxylic acids is 1. The maximum absolute atomic E-state index is 12.0. The highest BCUT2D eigenvalue weighted by molar-refractivity contribution is 8.00. The van der Waals surface area contributed by atoms with Gasteiger partial charge < -0.3 is 10.2 Å².